The molecule has 4 nitrogen and oxygen atoms in total. The Bertz CT molecular complexity index is 385. The van der Waals surface area contributed by atoms with Crippen LogP contribution in [-0.2, 0) is 4.74 Å². The maximum atomic E-state index is 5.81. The minimum Gasteiger partial charge on any atom is -0.381 e. The van der Waals surface area contributed by atoms with Gasteiger partial charge in [0, 0.05) is 26.4 Å². The average molecular weight is 321 g/mol. The van der Waals surface area contributed by atoms with Crippen LogP contribution < -0.4 is 4.90 Å². The molecule has 1 aliphatic heterocycles. The molecule has 0 aliphatic carbocycles. The molecule has 94 valence electrons. The van der Waals surface area contributed by atoms with Crippen LogP contribution in [0.5, 0.6) is 0 Å². The lowest BCUT2D eigenvalue weighted by Gasteiger charge is -2.28. The van der Waals surface area contributed by atoms with Crippen LogP contribution in [0.25, 0.3) is 0 Å². The van der Waals surface area contributed by atoms with Gasteiger partial charge in [-0.05, 0) is 46.3 Å². The molecule has 1 fully saturated rings. The van der Waals surface area contributed by atoms with Crippen molar-refractivity contribution in [1.82, 2.24) is 9.97 Å². The van der Waals surface area contributed by atoms with Crippen LogP contribution in [0.2, 0.25) is 5.28 Å². The van der Waals surface area contributed by atoms with Gasteiger partial charge in [-0.15, -0.1) is 0 Å². The monoisotopic (exact) mass is 319 g/mol. The van der Waals surface area contributed by atoms with E-state index in [1.807, 2.05) is 7.05 Å². The number of hydrogen-bond donors (Lipinski definition) is 0. The molecule has 1 aromatic heterocycles. The molecule has 0 aromatic carbocycles. The maximum Gasteiger partial charge on any atom is 0.224 e. The zero-order valence-electron chi connectivity index (χ0n) is 9.70. The number of ether oxygens (including phenoxy) is 1. The molecule has 1 atom stereocenters. The van der Waals surface area contributed by atoms with Crippen molar-refractivity contribution in [2.45, 2.75) is 12.8 Å². The van der Waals surface area contributed by atoms with Crippen molar-refractivity contribution in [3.63, 3.8) is 0 Å². The molecule has 1 aliphatic rings. The third-order valence-corrected chi connectivity index (χ3v) is 3.59. The van der Waals surface area contributed by atoms with Crippen molar-refractivity contribution >= 4 is 33.3 Å². The summed E-state index contributed by atoms with van der Waals surface area (Å²) in [6, 6.07) is 0. The van der Waals surface area contributed by atoms with E-state index < -0.39 is 0 Å². The van der Waals surface area contributed by atoms with Crippen molar-refractivity contribution in [3.05, 3.63) is 16.0 Å². The summed E-state index contributed by atoms with van der Waals surface area (Å²) in [6.45, 7) is 2.65. The highest BCUT2D eigenvalue weighted by atomic mass is 79.9. The summed E-state index contributed by atoms with van der Waals surface area (Å²) in [5, 5.41) is 0.273. The van der Waals surface area contributed by atoms with Crippen LogP contribution in [0.15, 0.2) is 10.7 Å². The number of nitrogens with zero attached hydrogens (tertiary/aromatic N) is 3. The minimum absolute atomic E-state index is 0.273. The maximum absolute atomic E-state index is 5.81. The summed E-state index contributed by atoms with van der Waals surface area (Å²) in [7, 11) is 2.01. The van der Waals surface area contributed by atoms with E-state index in [9.17, 15) is 0 Å². The molecule has 0 amide bonds. The van der Waals surface area contributed by atoms with E-state index >= 15 is 0 Å². The SMILES string of the molecule is CN(CC1CCCOC1)c1nc(Cl)ncc1Br. The van der Waals surface area contributed by atoms with E-state index in [1.54, 1.807) is 6.20 Å². The predicted octanol–water partition coefficient (Wildman–Crippen LogP) is 2.76. The molecule has 2 heterocycles. The smallest absolute Gasteiger partial charge is 0.224 e. The number of anilines is 1. The highest BCUT2D eigenvalue weighted by molar-refractivity contribution is 9.10. The standard InChI is InChI=1S/C11H15BrClN3O/c1-16(6-8-3-2-4-17-7-8)10-9(12)5-14-11(13)15-10/h5,8H,2-4,6-7H2,1H3. The highest BCUT2D eigenvalue weighted by Crippen LogP contribution is 2.25. The summed E-state index contributed by atoms with van der Waals surface area (Å²) >= 11 is 9.25. The van der Waals surface area contributed by atoms with Crippen LogP contribution >= 0.6 is 27.5 Å². The van der Waals surface area contributed by atoms with Crippen LogP contribution in [0.3, 0.4) is 0 Å². The number of hydrogen-bond acceptors (Lipinski definition) is 4. The normalized spacial score (nSPS) is 20.3. The molecule has 0 radical (unpaired) electrons. The molecule has 0 bridgehead atoms. The Kier molecular flexibility index (Phi) is 4.59. The Morgan fingerprint density at radius 1 is 1.65 bits per heavy atom. The van der Waals surface area contributed by atoms with E-state index in [4.69, 9.17) is 16.3 Å². The van der Waals surface area contributed by atoms with Crippen LogP contribution in [-0.4, -0.2) is 36.8 Å². The van der Waals surface area contributed by atoms with Gasteiger partial charge in [-0.1, -0.05) is 0 Å². The number of aromatic nitrogens is 2. The summed E-state index contributed by atoms with van der Waals surface area (Å²) in [5.41, 5.74) is 0. The summed E-state index contributed by atoms with van der Waals surface area (Å²) in [4.78, 5) is 10.2. The van der Waals surface area contributed by atoms with Gasteiger partial charge in [0.15, 0.2) is 0 Å². The number of rotatable bonds is 3. The second-order valence-corrected chi connectivity index (χ2v) is 5.47. The third-order valence-electron chi connectivity index (χ3n) is 2.84. The Morgan fingerprint density at radius 2 is 2.47 bits per heavy atom. The van der Waals surface area contributed by atoms with Gasteiger partial charge in [0.1, 0.15) is 5.82 Å². The Morgan fingerprint density at radius 3 is 3.18 bits per heavy atom. The van der Waals surface area contributed by atoms with Crippen LogP contribution in [0, 0.1) is 5.92 Å². The zero-order chi connectivity index (χ0) is 12.3. The molecule has 2 rings (SSSR count). The predicted molar refractivity (Wildman–Crippen MR) is 71.6 cm³/mol. The van der Waals surface area contributed by atoms with Gasteiger partial charge in [-0.25, -0.2) is 4.98 Å². The zero-order valence-corrected chi connectivity index (χ0v) is 12.0. The molecule has 0 spiro atoms. The molecule has 1 aromatic rings. The van der Waals surface area contributed by atoms with Crippen molar-refractivity contribution in [2.24, 2.45) is 5.92 Å². The first-order valence-electron chi connectivity index (χ1n) is 5.63. The van der Waals surface area contributed by atoms with Gasteiger partial charge >= 0.3 is 0 Å². The van der Waals surface area contributed by atoms with Gasteiger partial charge in [0.25, 0.3) is 0 Å². The third kappa shape index (κ3) is 3.53. The topological polar surface area (TPSA) is 38.2 Å². The van der Waals surface area contributed by atoms with E-state index in [2.05, 4.69) is 30.8 Å². The van der Waals surface area contributed by atoms with E-state index in [1.165, 1.54) is 6.42 Å². The van der Waals surface area contributed by atoms with Crippen LogP contribution in [0.4, 0.5) is 5.82 Å². The van der Waals surface area contributed by atoms with E-state index in [0.29, 0.717) is 5.92 Å². The van der Waals surface area contributed by atoms with Gasteiger partial charge in [-0.3, -0.25) is 0 Å². The lowest BCUT2D eigenvalue weighted by Crippen LogP contribution is -2.31. The van der Waals surface area contributed by atoms with Crippen molar-refractivity contribution in [3.8, 4) is 0 Å². The van der Waals surface area contributed by atoms with Crippen molar-refractivity contribution in [1.29, 1.82) is 0 Å². The molecular formula is C11H15BrClN3O. The fraction of sp³-hybridized carbons (Fsp3) is 0.636. The second kappa shape index (κ2) is 5.98. The average Bonchev–Trinajstić information content (AvgIpc) is 2.33. The Labute approximate surface area is 114 Å². The van der Waals surface area contributed by atoms with Gasteiger partial charge in [0.2, 0.25) is 5.28 Å². The Balaban J connectivity index is 2.02. The molecule has 17 heavy (non-hydrogen) atoms. The second-order valence-electron chi connectivity index (χ2n) is 4.27. The lowest BCUT2D eigenvalue weighted by atomic mass is 10.0. The number of halogens is 2. The summed E-state index contributed by atoms with van der Waals surface area (Å²) < 4.78 is 6.34. The Hall–Kier alpha value is -0.390. The fourth-order valence-electron chi connectivity index (χ4n) is 2.03. The molecular weight excluding hydrogens is 305 g/mol. The van der Waals surface area contributed by atoms with Crippen molar-refractivity contribution < 1.29 is 4.74 Å². The molecule has 1 saturated heterocycles. The van der Waals surface area contributed by atoms with Gasteiger partial charge in [0.05, 0.1) is 11.1 Å². The fourth-order valence-corrected chi connectivity index (χ4v) is 2.65. The van der Waals surface area contributed by atoms with E-state index in [0.717, 1.165) is 36.5 Å². The minimum atomic E-state index is 0.273. The molecule has 1 unspecified atom stereocenters. The molecule has 0 saturated carbocycles. The van der Waals surface area contributed by atoms with E-state index in [-0.39, 0.29) is 5.28 Å². The lowest BCUT2D eigenvalue weighted by molar-refractivity contribution is 0.0576. The largest absolute Gasteiger partial charge is 0.381 e. The molecule has 0 N–H and O–H groups in total. The quantitative estimate of drug-likeness (QED) is 0.803. The van der Waals surface area contributed by atoms with Crippen molar-refractivity contribution in [2.75, 3.05) is 31.7 Å². The van der Waals surface area contributed by atoms with Crippen LogP contribution in [0.1, 0.15) is 12.8 Å². The highest BCUT2D eigenvalue weighted by Gasteiger charge is 2.18. The first kappa shape index (κ1) is 13.1. The summed E-state index contributed by atoms with van der Waals surface area (Å²) in [6.07, 6.45) is 4.03. The van der Waals surface area contributed by atoms with Gasteiger partial charge in [-0.2, -0.15) is 4.98 Å². The first-order chi connectivity index (χ1) is 8.16. The summed E-state index contributed by atoms with van der Waals surface area (Å²) in [5.74, 6) is 1.39. The first-order valence-corrected chi connectivity index (χ1v) is 6.81. The van der Waals surface area contributed by atoms with Gasteiger partial charge < -0.3 is 9.64 Å². The molecule has 6 heteroatoms.